The van der Waals surface area contributed by atoms with Crippen molar-refractivity contribution in [3.05, 3.63) is 30.6 Å². The lowest BCUT2D eigenvalue weighted by Crippen LogP contribution is -1.95. The minimum atomic E-state index is 0.604. The zero-order chi connectivity index (χ0) is 11.0. The minimum absolute atomic E-state index is 0.604. The molecule has 16 heavy (non-hydrogen) atoms. The van der Waals surface area contributed by atoms with Crippen LogP contribution >= 0.6 is 0 Å². The predicted octanol–water partition coefficient (Wildman–Crippen LogP) is 2.29. The Morgan fingerprint density at radius 1 is 1.25 bits per heavy atom. The Morgan fingerprint density at radius 2 is 2.00 bits per heavy atom. The van der Waals surface area contributed by atoms with Crippen LogP contribution in [0, 0.1) is 0 Å². The molecule has 1 saturated carbocycles. The first-order valence-corrected chi connectivity index (χ1v) is 5.42. The third kappa shape index (κ3) is 1.56. The molecular formula is C12H13N3O. The van der Waals surface area contributed by atoms with Crippen LogP contribution in [0.25, 0.3) is 11.4 Å². The van der Waals surface area contributed by atoms with E-state index in [0.29, 0.717) is 6.04 Å². The smallest absolute Gasteiger partial charge is 0.164 e. The Balaban J connectivity index is 1.97. The molecule has 4 nitrogen and oxygen atoms in total. The van der Waals surface area contributed by atoms with Crippen LogP contribution in [-0.2, 0) is 0 Å². The molecule has 1 aromatic heterocycles. The van der Waals surface area contributed by atoms with Crippen molar-refractivity contribution in [2.45, 2.75) is 18.9 Å². The normalized spacial score (nSPS) is 15.1. The molecule has 0 spiro atoms. The summed E-state index contributed by atoms with van der Waals surface area (Å²) >= 11 is 0. The molecule has 0 radical (unpaired) electrons. The first-order chi connectivity index (χ1) is 7.88. The highest BCUT2D eigenvalue weighted by Crippen LogP contribution is 2.37. The van der Waals surface area contributed by atoms with E-state index >= 15 is 0 Å². The van der Waals surface area contributed by atoms with Crippen LogP contribution in [0.4, 0.5) is 0 Å². The SMILES string of the molecule is COc1ccc(-c2nncn2C2CC2)cc1. The molecule has 1 heterocycles. The van der Waals surface area contributed by atoms with Gasteiger partial charge in [0.05, 0.1) is 7.11 Å². The molecule has 4 heteroatoms. The highest BCUT2D eigenvalue weighted by atomic mass is 16.5. The van der Waals surface area contributed by atoms with Crippen molar-refractivity contribution in [1.29, 1.82) is 0 Å². The number of aromatic nitrogens is 3. The van der Waals surface area contributed by atoms with Crippen LogP contribution in [0.5, 0.6) is 5.75 Å². The average molecular weight is 215 g/mol. The van der Waals surface area contributed by atoms with Crippen LogP contribution in [-0.4, -0.2) is 21.9 Å². The van der Waals surface area contributed by atoms with Crippen molar-refractivity contribution in [2.75, 3.05) is 7.11 Å². The van der Waals surface area contributed by atoms with Gasteiger partial charge in [0.1, 0.15) is 12.1 Å². The zero-order valence-corrected chi connectivity index (χ0v) is 9.13. The van der Waals surface area contributed by atoms with Crippen LogP contribution in [0.2, 0.25) is 0 Å². The second-order valence-electron chi connectivity index (χ2n) is 4.02. The number of hydrogen-bond donors (Lipinski definition) is 0. The summed E-state index contributed by atoms with van der Waals surface area (Å²) in [5.74, 6) is 1.81. The number of ether oxygens (including phenoxy) is 1. The monoisotopic (exact) mass is 215 g/mol. The summed E-state index contributed by atoms with van der Waals surface area (Å²) in [6.07, 6.45) is 4.29. The molecule has 2 aromatic rings. The summed E-state index contributed by atoms with van der Waals surface area (Å²) < 4.78 is 7.29. The van der Waals surface area contributed by atoms with Crippen LogP contribution < -0.4 is 4.74 Å². The Labute approximate surface area is 93.9 Å². The van der Waals surface area contributed by atoms with Gasteiger partial charge in [-0.3, -0.25) is 0 Å². The molecule has 0 N–H and O–H groups in total. The van der Waals surface area contributed by atoms with Crippen molar-refractivity contribution in [3.8, 4) is 17.1 Å². The van der Waals surface area contributed by atoms with Gasteiger partial charge in [-0.2, -0.15) is 0 Å². The highest BCUT2D eigenvalue weighted by molar-refractivity contribution is 5.56. The van der Waals surface area contributed by atoms with Gasteiger partial charge in [0.15, 0.2) is 5.82 Å². The number of hydrogen-bond acceptors (Lipinski definition) is 3. The Morgan fingerprint density at radius 3 is 2.62 bits per heavy atom. The number of nitrogens with zero attached hydrogens (tertiary/aromatic N) is 3. The van der Waals surface area contributed by atoms with Gasteiger partial charge >= 0.3 is 0 Å². The van der Waals surface area contributed by atoms with E-state index in [1.54, 1.807) is 7.11 Å². The summed E-state index contributed by atoms with van der Waals surface area (Å²) in [5, 5.41) is 8.16. The average Bonchev–Trinajstić information content (AvgIpc) is 3.07. The van der Waals surface area contributed by atoms with Crippen LogP contribution in [0.3, 0.4) is 0 Å². The lowest BCUT2D eigenvalue weighted by atomic mass is 10.2. The summed E-state index contributed by atoms with van der Waals surface area (Å²) in [6.45, 7) is 0. The molecule has 3 rings (SSSR count). The van der Waals surface area contributed by atoms with Crippen molar-refractivity contribution >= 4 is 0 Å². The molecule has 0 atom stereocenters. The van der Waals surface area contributed by atoms with Crippen LogP contribution in [0.1, 0.15) is 18.9 Å². The molecule has 82 valence electrons. The van der Waals surface area contributed by atoms with Gasteiger partial charge in [0.25, 0.3) is 0 Å². The van der Waals surface area contributed by atoms with E-state index in [2.05, 4.69) is 14.8 Å². The topological polar surface area (TPSA) is 39.9 Å². The van der Waals surface area contributed by atoms with E-state index in [1.807, 2.05) is 30.6 Å². The van der Waals surface area contributed by atoms with Gasteiger partial charge < -0.3 is 9.30 Å². The largest absolute Gasteiger partial charge is 0.497 e. The summed E-state index contributed by atoms with van der Waals surface area (Å²) in [4.78, 5) is 0. The fourth-order valence-electron chi connectivity index (χ4n) is 1.81. The molecule has 1 aliphatic rings. The first-order valence-electron chi connectivity index (χ1n) is 5.42. The standard InChI is InChI=1S/C12H13N3O/c1-16-11-6-2-9(3-7-11)12-14-13-8-15(12)10-4-5-10/h2-3,6-8,10H,4-5H2,1H3. The minimum Gasteiger partial charge on any atom is -0.497 e. The summed E-state index contributed by atoms with van der Waals surface area (Å²) in [7, 11) is 1.67. The van der Waals surface area contributed by atoms with Gasteiger partial charge in [0, 0.05) is 11.6 Å². The second-order valence-corrected chi connectivity index (χ2v) is 4.02. The fraction of sp³-hybridized carbons (Fsp3) is 0.333. The maximum absolute atomic E-state index is 5.13. The Bertz CT molecular complexity index is 485. The maximum atomic E-state index is 5.13. The van der Waals surface area contributed by atoms with E-state index in [9.17, 15) is 0 Å². The molecule has 0 unspecified atom stereocenters. The first kappa shape index (κ1) is 9.39. The summed E-state index contributed by atoms with van der Waals surface area (Å²) in [6, 6.07) is 8.53. The van der Waals surface area contributed by atoms with Gasteiger partial charge in [-0.15, -0.1) is 10.2 Å². The number of rotatable bonds is 3. The van der Waals surface area contributed by atoms with E-state index in [4.69, 9.17) is 4.74 Å². The van der Waals surface area contributed by atoms with E-state index in [-0.39, 0.29) is 0 Å². The van der Waals surface area contributed by atoms with Crippen molar-refractivity contribution in [1.82, 2.24) is 14.8 Å². The molecule has 0 bridgehead atoms. The second kappa shape index (κ2) is 3.63. The van der Waals surface area contributed by atoms with Crippen molar-refractivity contribution < 1.29 is 4.74 Å². The van der Waals surface area contributed by atoms with Gasteiger partial charge in [-0.25, -0.2) is 0 Å². The number of benzene rings is 1. The molecule has 0 amide bonds. The number of methoxy groups -OCH3 is 1. The van der Waals surface area contributed by atoms with Crippen molar-refractivity contribution in [3.63, 3.8) is 0 Å². The lowest BCUT2D eigenvalue weighted by Gasteiger charge is -2.05. The fourth-order valence-corrected chi connectivity index (χ4v) is 1.81. The van der Waals surface area contributed by atoms with E-state index < -0.39 is 0 Å². The van der Waals surface area contributed by atoms with E-state index in [1.165, 1.54) is 12.8 Å². The third-order valence-corrected chi connectivity index (χ3v) is 2.86. The molecule has 1 fully saturated rings. The Kier molecular flexibility index (Phi) is 2.13. The molecule has 1 aromatic carbocycles. The van der Waals surface area contributed by atoms with Gasteiger partial charge in [0.2, 0.25) is 0 Å². The Hall–Kier alpha value is -1.84. The molecule has 0 aliphatic heterocycles. The van der Waals surface area contributed by atoms with Gasteiger partial charge in [-0.05, 0) is 37.1 Å². The van der Waals surface area contributed by atoms with E-state index in [0.717, 1.165) is 17.1 Å². The molecule has 1 aliphatic carbocycles. The molecule has 0 saturated heterocycles. The quantitative estimate of drug-likeness (QED) is 0.788. The van der Waals surface area contributed by atoms with Crippen LogP contribution in [0.15, 0.2) is 30.6 Å². The summed E-state index contributed by atoms with van der Waals surface area (Å²) in [5.41, 5.74) is 1.09. The maximum Gasteiger partial charge on any atom is 0.164 e. The molecular weight excluding hydrogens is 202 g/mol. The zero-order valence-electron chi connectivity index (χ0n) is 9.13. The third-order valence-electron chi connectivity index (χ3n) is 2.86. The van der Waals surface area contributed by atoms with Gasteiger partial charge in [-0.1, -0.05) is 0 Å². The lowest BCUT2D eigenvalue weighted by molar-refractivity contribution is 0.415. The van der Waals surface area contributed by atoms with Crippen molar-refractivity contribution in [2.24, 2.45) is 0 Å². The highest BCUT2D eigenvalue weighted by Gasteiger charge is 2.26. The predicted molar refractivity (Wildman–Crippen MR) is 60.3 cm³/mol.